The Morgan fingerprint density at radius 3 is 2.47 bits per heavy atom. The third kappa shape index (κ3) is 5.65. The predicted octanol–water partition coefficient (Wildman–Crippen LogP) is 5.08. The maximum atomic E-state index is 14.9. The minimum absolute atomic E-state index is 0.110. The van der Waals surface area contributed by atoms with Crippen LogP contribution >= 0.6 is 23.2 Å². The highest BCUT2D eigenvalue weighted by molar-refractivity contribution is 7.92. The highest BCUT2D eigenvalue weighted by Crippen LogP contribution is 2.28. The van der Waals surface area contributed by atoms with Crippen LogP contribution in [0.4, 0.5) is 20.4 Å². The van der Waals surface area contributed by atoms with Crippen molar-refractivity contribution >= 4 is 44.9 Å². The molecule has 0 unspecified atom stereocenters. The lowest BCUT2D eigenvalue weighted by molar-refractivity contribution is 0.578. The van der Waals surface area contributed by atoms with E-state index in [2.05, 4.69) is 31.8 Å². The molecular weight excluding hydrogens is 481 g/mol. The van der Waals surface area contributed by atoms with Crippen molar-refractivity contribution < 1.29 is 17.2 Å². The van der Waals surface area contributed by atoms with E-state index in [0.29, 0.717) is 18.1 Å². The Bertz CT molecular complexity index is 1310. The lowest BCUT2D eigenvalue weighted by Crippen LogP contribution is -2.15. The zero-order valence-electron chi connectivity index (χ0n) is 16.6. The first kappa shape index (κ1) is 23.7. The molecule has 3 aromatic rings. The van der Waals surface area contributed by atoms with Crippen molar-refractivity contribution in [2.45, 2.75) is 18.2 Å². The van der Waals surface area contributed by atoms with Crippen molar-refractivity contribution in [1.82, 2.24) is 9.97 Å². The van der Waals surface area contributed by atoms with E-state index in [-0.39, 0.29) is 14.9 Å². The SMILES string of the molecule is CCCNc1ncc(C#Cc2c(F)ccc(NS(=O)(=O)c3cc(Cl)ccc3Cl)c2F)cn1. The van der Waals surface area contributed by atoms with E-state index in [1.165, 1.54) is 24.5 Å². The molecule has 0 atom stereocenters. The summed E-state index contributed by atoms with van der Waals surface area (Å²) in [6.07, 6.45) is 3.70. The van der Waals surface area contributed by atoms with Gasteiger partial charge in [0.1, 0.15) is 10.7 Å². The summed E-state index contributed by atoms with van der Waals surface area (Å²) in [5, 5.41) is 3.00. The molecule has 0 saturated heterocycles. The number of anilines is 2. The van der Waals surface area contributed by atoms with Gasteiger partial charge in [-0.05, 0) is 36.8 Å². The molecule has 1 heterocycles. The van der Waals surface area contributed by atoms with Gasteiger partial charge in [0.05, 0.1) is 21.8 Å². The number of nitrogens with zero attached hydrogens (tertiary/aromatic N) is 2. The van der Waals surface area contributed by atoms with Gasteiger partial charge >= 0.3 is 0 Å². The van der Waals surface area contributed by atoms with Gasteiger partial charge in [-0.1, -0.05) is 42.0 Å². The van der Waals surface area contributed by atoms with Crippen LogP contribution in [0.25, 0.3) is 0 Å². The molecule has 0 spiro atoms. The predicted molar refractivity (Wildman–Crippen MR) is 120 cm³/mol. The van der Waals surface area contributed by atoms with Crippen LogP contribution < -0.4 is 10.0 Å². The Labute approximate surface area is 194 Å². The van der Waals surface area contributed by atoms with Gasteiger partial charge < -0.3 is 5.32 Å². The number of hydrogen-bond acceptors (Lipinski definition) is 5. The summed E-state index contributed by atoms with van der Waals surface area (Å²) in [6.45, 7) is 2.69. The second-order valence-electron chi connectivity index (χ2n) is 6.44. The smallest absolute Gasteiger partial charge is 0.263 e. The lowest BCUT2D eigenvalue weighted by atomic mass is 10.1. The molecule has 2 aromatic carbocycles. The van der Waals surface area contributed by atoms with E-state index in [4.69, 9.17) is 23.2 Å². The summed E-state index contributed by atoms with van der Waals surface area (Å²) < 4.78 is 56.4. The van der Waals surface area contributed by atoms with Crippen molar-refractivity contribution in [2.75, 3.05) is 16.6 Å². The van der Waals surface area contributed by atoms with E-state index in [1.54, 1.807) is 0 Å². The van der Waals surface area contributed by atoms with Crippen molar-refractivity contribution in [3.63, 3.8) is 0 Å². The molecule has 0 aliphatic rings. The van der Waals surface area contributed by atoms with Crippen LogP contribution in [0.3, 0.4) is 0 Å². The topological polar surface area (TPSA) is 84.0 Å². The van der Waals surface area contributed by atoms with E-state index in [1.807, 2.05) is 6.92 Å². The molecule has 3 rings (SSSR count). The van der Waals surface area contributed by atoms with Crippen molar-refractivity contribution in [3.8, 4) is 11.8 Å². The summed E-state index contributed by atoms with van der Waals surface area (Å²) in [5.74, 6) is 3.20. The van der Waals surface area contributed by atoms with Gasteiger partial charge in [-0.2, -0.15) is 0 Å². The Morgan fingerprint density at radius 2 is 1.78 bits per heavy atom. The average molecular weight is 497 g/mol. The van der Waals surface area contributed by atoms with E-state index < -0.39 is 32.9 Å². The molecule has 0 amide bonds. The first-order valence-electron chi connectivity index (χ1n) is 9.25. The molecule has 0 aliphatic carbocycles. The minimum atomic E-state index is -4.30. The van der Waals surface area contributed by atoms with Gasteiger partial charge in [0.15, 0.2) is 5.82 Å². The van der Waals surface area contributed by atoms with Gasteiger partial charge in [-0.15, -0.1) is 0 Å². The monoisotopic (exact) mass is 496 g/mol. The number of rotatable bonds is 6. The molecule has 0 bridgehead atoms. The summed E-state index contributed by atoms with van der Waals surface area (Å²) >= 11 is 11.8. The molecule has 2 N–H and O–H groups in total. The highest BCUT2D eigenvalue weighted by atomic mass is 35.5. The van der Waals surface area contributed by atoms with Crippen molar-refractivity contribution in [3.05, 3.63) is 75.5 Å². The minimum Gasteiger partial charge on any atom is -0.354 e. The third-order valence-corrected chi connectivity index (χ3v) is 6.12. The van der Waals surface area contributed by atoms with Crippen LogP contribution in [-0.4, -0.2) is 24.9 Å². The van der Waals surface area contributed by atoms with Crippen LogP contribution in [0.1, 0.15) is 24.5 Å². The third-order valence-electron chi connectivity index (χ3n) is 4.03. The zero-order valence-corrected chi connectivity index (χ0v) is 18.9. The van der Waals surface area contributed by atoms with E-state index in [9.17, 15) is 17.2 Å². The highest BCUT2D eigenvalue weighted by Gasteiger charge is 2.22. The molecule has 11 heteroatoms. The Morgan fingerprint density at radius 1 is 1.06 bits per heavy atom. The maximum absolute atomic E-state index is 14.9. The molecule has 32 heavy (non-hydrogen) atoms. The first-order chi connectivity index (χ1) is 15.2. The van der Waals surface area contributed by atoms with Crippen LogP contribution in [-0.2, 0) is 10.0 Å². The number of benzene rings is 2. The second-order valence-corrected chi connectivity index (χ2v) is 8.93. The average Bonchev–Trinajstić information content (AvgIpc) is 2.76. The van der Waals surface area contributed by atoms with Crippen LogP contribution in [0.5, 0.6) is 0 Å². The number of aromatic nitrogens is 2. The second kappa shape index (κ2) is 10.1. The van der Waals surface area contributed by atoms with Gasteiger partial charge in [0, 0.05) is 24.0 Å². The van der Waals surface area contributed by atoms with Crippen LogP contribution in [0, 0.1) is 23.5 Å². The Kier molecular flexibility index (Phi) is 7.51. The van der Waals surface area contributed by atoms with Gasteiger partial charge in [-0.3, -0.25) is 4.72 Å². The number of hydrogen-bond donors (Lipinski definition) is 2. The van der Waals surface area contributed by atoms with Gasteiger partial charge in [-0.25, -0.2) is 27.2 Å². The lowest BCUT2D eigenvalue weighted by Gasteiger charge is -2.11. The zero-order chi connectivity index (χ0) is 23.3. The molecular formula is C21H16Cl2F2N4O2S. The normalized spacial score (nSPS) is 10.9. The largest absolute Gasteiger partial charge is 0.354 e. The summed E-state index contributed by atoms with van der Waals surface area (Å²) in [5.41, 5.74) is -0.791. The number of nitrogens with one attached hydrogen (secondary N) is 2. The fraction of sp³-hybridized carbons (Fsp3) is 0.143. The fourth-order valence-electron chi connectivity index (χ4n) is 2.48. The van der Waals surface area contributed by atoms with Crippen LogP contribution in [0.15, 0.2) is 47.6 Å². The molecule has 166 valence electrons. The fourth-order valence-corrected chi connectivity index (χ4v) is 4.31. The standard InChI is InChI=1S/C21H16Cl2F2N4O2S/c1-2-9-26-21-27-11-13(12-28-21)3-5-15-17(24)7-8-18(20(15)25)29-32(30,31)19-10-14(22)4-6-16(19)23/h4,6-8,10-12,29H,2,9H2,1H3,(H,26,27,28). The van der Waals surface area contributed by atoms with Gasteiger partial charge in [0.25, 0.3) is 10.0 Å². The molecule has 0 aliphatic heterocycles. The summed E-state index contributed by atoms with van der Waals surface area (Å²) in [4.78, 5) is 7.77. The number of sulfonamides is 1. The van der Waals surface area contributed by atoms with Crippen LogP contribution in [0.2, 0.25) is 10.0 Å². The Balaban J connectivity index is 1.90. The van der Waals surface area contributed by atoms with E-state index >= 15 is 0 Å². The maximum Gasteiger partial charge on any atom is 0.263 e. The van der Waals surface area contributed by atoms with Crippen molar-refractivity contribution in [1.29, 1.82) is 0 Å². The first-order valence-corrected chi connectivity index (χ1v) is 11.5. The summed E-state index contributed by atoms with van der Waals surface area (Å²) in [6, 6.07) is 5.67. The van der Waals surface area contributed by atoms with E-state index in [0.717, 1.165) is 24.6 Å². The molecule has 1 aromatic heterocycles. The molecule has 6 nitrogen and oxygen atoms in total. The summed E-state index contributed by atoms with van der Waals surface area (Å²) in [7, 11) is -4.30. The molecule has 0 radical (unpaired) electrons. The quantitative estimate of drug-likeness (QED) is 0.464. The molecule has 0 fully saturated rings. The number of halogens is 4. The van der Waals surface area contributed by atoms with Gasteiger partial charge in [0.2, 0.25) is 5.95 Å². The van der Waals surface area contributed by atoms with Crippen molar-refractivity contribution in [2.24, 2.45) is 0 Å². The molecule has 0 saturated carbocycles. The Hall–Kier alpha value is -2.93.